The number of ketones is 1. The molecule has 0 aromatic heterocycles. The molecule has 3 rings (SSSR count). The lowest BCUT2D eigenvalue weighted by Gasteiger charge is -2.22. The predicted octanol–water partition coefficient (Wildman–Crippen LogP) is 3.00. The summed E-state index contributed by atoms with van der Waals surface area (Å²) in [6.45, 7) is 2.53. The van der Waals surface area contributed by atoms with E-state index in [9.17, 15) is 19.8 Å². The van der Waals surface area contributed by atoms with Crippen LogP contribution >= 0.6 is 0 Å². The highest BCUT2D eigenvalue weighted by atomic mass is 16.3. The number of rotatable bonds is 6. The fourth-order valence-corrected chi connectivity index (χ4v) is 3.25. The Labute approximate surface area is 146 Å². The Morgan fingerprint density at radius 3 is 2.52 bits per heavy atom. The maximum Gasteiger partial charge on any atom is 0.264 e. The Morgan fingerprint density at radius 1 is 1.12 bits per heavy atom. The number of hydrogen-bond acceptors (Lipinski definition) is 4. The van der Waals surface area contributed by atoms with Crippen LogP contribution in [-0.2, 0) is 10.4 Å². The van der Waals surface area contributed by atoms with E-state index in [-0.39, 0.29) is 11.3 Å². The molecule has 2 aromatic carbocycles. The molecule has 0 bridgehead atoms. The number of aliphatic hydroxyl groups is 1. The van der Waals surface area contributed by atoms with Crippen LogP contribution in [0.4, 0.5) is 5.69 Å². The van der Waals surface area contributed by atoms with E-state index in [1.54, 1.807) is 35.2 Å². The molecule has 2 N–H and O–H groups in total. The van der Waals surface area contributed by atoms with Gasteiger partial charge in [0.1, 0.15) is 5.75 Å². The molecule has 0 radical (unpaired) electrons. The van der Waals surface area contributed by atoms with Crippen LogP contribution in [0.25, 0.3) is 0 Å². The average molecular weight is 339 g/mol. The van der Waals surface area contributed by atoms with E-state index in [0.717, 1.165) is 12.8 Å². The van der Waals surface area contributed by atoms with Crippen LogP contribution in [0, 0.1) is 0 Å². The first kappa shape index (κ1) is 17.2. The van der Waals surface area contributed by atoms with Crippen LogP contribution in [0.1, 0.15) is 42.1 Å². The quantitative estimate of drug-likeness (QED) is 0.793. The lowest BCUT2D eigenvalue weighted by molar-refractivity contribution is -0.135. The number of unbranched alkanes of at least 4 members (excludes halogenated alkanes) is 1. The van der Waals surface area contributed by atoms with Gasteiger partial charge in [0.15, 0.2) is 11.4 Å². The van der Waals surface area contributed by atoms with Crippen molar-refractivity contribution >= 4 is 17.4 Å². The van der Waals surface area contributed by atoms with Gasteiger partial charge in [-0.05, 0) is 24.6 Å². The lowest BCUT2D eigenvalue weighted by atomic mass is 9.88. The predicted molar refractivity (Wildman–Crippen MR) is 94.7 cm³/mol. The second-order valence-corrected chi connectivity index (χ2v) is 6.30. The van der Waals surface area contributed by atoms with Gasteiger partial charge in [0.25, 0.3) is 5.91 Å². The monoisotopic (exact) mass is 339 g/mol. The van der Waals surface area contributed by atoms with Crippen LogP contribution < -0.4 is 4.90 Å². The van der Waals surface area contributed by atoms with Crippen molar-refractivity contribution in [2.45, 2.75) is 31.8 Å². The number of para-hydroxylation sites is 2. The number of benzene rings is 2. The summed E-state index contributed by atoms with van der Waals surface area (Å²) in [6, 6.07) is 13.2. The zero-order chi connectivity index (χ0) is 18.0. The van der Waals surface area contributed by atoms with E-state index in [2.05, 4.69) is 0 Å². The van der Waals surface area contributed by atoms with Gasteiger partial charge in [0.05, 0.1) is 17.7 Å². The number of carbonyl (C=O) groups excluding carboxylic acids is 2. The fraction of sp³-hybridized carbons (Fsp3) is 0.300. The second-order valence-electron chi connectivity index (χ2n) is 6.30. The van der Waals surface area contributed by atoms with Gasteiger partial charge in [-0.15, -0.1) is 0 Å². The zero-order valence-electron chi connectivity index (χ0n) is 14.1. The highest BCUT2D eigenvalue weighted by Crippen LogP contribution is 2.43. The maximum atomic E-state index is 12.9. The number of aromatic hydroxyl groups is 1. The number of phenols is 1. The zero-order valence-corrected chi connectivity index (χ0v) is 14.1. The number of Topliss-reactive ketones (excluding diaryl/α,β-unsaturated/α-hetero) is 1. The first-order chi connectivity index (χ1) is 12.0. The number of fused-ring (bicyclic) bond motifs is 1. The van der Waals surface area contributed by atoms with Crippen LogP contribution in [-0.4, -0.2) is 28.4 Å². The molecule has 1 aliphatic heterocycles. The molecule has 1 amide bonds. The number of phenolic OH excluding ortho intramolecular Hbond substituents is 1. The molecule has 0 aliphatic carbocycles. The molecule has 5 heteroatoms. The molecule has 1 heterocycles. The third kappa shape index (κ3) is 2.91. The SMILES string of the molecule is CCCCN1C(=O)[C@@](O)(CC(=O)c2ccccc2O)c2ccccc21. The number of anilines is 1. The molecule has 0 fully saturated rings. The topological polar surface area (TPSA) is 77.8 Å². The van der Waals surface area contributed by atoms with Gasteiger partial charge in [-0.1, -0.05) is 43.7 Å². The van der Waals surface area contributed by atoms with Crippen molar-refractivity contribution in [3.05, 3.63) is 59.7 Å². The second kappa shape index (κ2) is 6.69. The highest BCUT2D eigenvalue weighted by Gasteiger charge is 2.50. The van der Waals surface area contributed by atoms with Gasteiger partial charge in [0, 0.05) is 12.1 Å². The number of carbonyl (C=O) groups is 2. The summed E-state index contributed by atoms with van der Waals surface area (Å²) in [5.74, 6) is -1.11. The molecule has 1 aliphatic rings. The van der Waals surface area contributed by atoms with Crippen LogP contribution in [0.3, 0.4) is 0 Å². The molecule has 25 heavy (non-hydrogen) atoms. The lowest BCUT2D eigenvalue weighted by Crippen LogP contribution is -2.42. The number of amides is 1. The first-order valence-electron chi connectivity index (χ1n) is 8.44. The van der Waals surface area contributed by atoms with Crippen molar-refractivity contribution in [3.63, 3.8) is 0 Å². The molecule has 0 saturated carbocycles. The smallest absolute Gasteiger partial charge is 0.264 e. The molecule has 0 unspecified atom stereocenters. The fourth-order valence-electron chi connectivity index (χ4n) is 3.25. The van der Waals surface area contributed by atoms with Gasteiger partial charge in [-0.3, -0.25) is 9.59 Å². The summed E-state index contributed by atoms with van der Waals surface area (Å²) in [7, 11) is 0. The van der Waals surface area contributed by atoms with Gasteiger partial charge in [0.2, 0.25) is 0 Å². The Bertz CT molecular complexity index is 817. The first-order valence-corrected chi connectivity index (χ1v) is 8.44. The molecule has 0 saturated heterocycles. The van der Waals surface area contributed by atoms with Crippen molar-refractivity contribution in [2.24, 2.45) is 0 Å². The van der Waals surface area contributed by atoms with Crippen molar-refractivity contribution in [2.75, 3.05) is 11.4 Å². The Morgan fingerprint density at radius 2 is 1.80 bits per heavy atom. The third-order valence-corrected chi connectivity index (χ3v) is 4.60. The molecular weight excluding hydrogens is 318 g/mol. The van der Waals surface area contributed by atoms with Gasteiger partial charge >= 0.3 is 0 Å². The van der Waals surface area contributed by atoms with E-state index in [1.807, 2.05) is 13.0 Å². The summed E-state index contributed by atoms with van der Waals surface area (Å²) in [5, 5.41) is 21.0. The molecule has 5 nitrogen and oxygen atoms in total. The summed E-state index contributed by atoms with van der Waals surface area (Å²) in [4.78, 5) is 27.1. The average Bonchev–Trinajstić information content (AvgIpc) is 2.81. The summed E-state index contributed by atoms with van der Waals surface area (Å²) in [6.07, 6.45) is 1.33. The molecule has 1 atom stereocenters. The Kier molecular flexibility index (Phi) is 4.59. The van der Waals surface area contributed by atoms with Crippen molar-refractivity contribution in [3.8, 4) is 5.75 Å². The number of hydrogen-bond donors (Lipinski definition) is 2. The van der Waals surface area contributed by atoms with Gasteiger partial charge in [-0.2, -0.15) is 0 Å². The third-order valence-electron chi connectivity index (χ3n) is 4.60. The van der Waals surface area contributed by atoms with E-state index >= 15 is 0 Å². The highest BCUT2D eigenvalue weighted by molar-refractivity contribution is 6.11. The van der Waals surface area contributed by atoms with E-state index in [1.165, 1.54) is 12.1 Å². The minimum atomic E-state index is -1.90. The van der Waals surface area contributed by atoms with Crippen molar-refractivity contribution < 1.29 is 19.8 Å². The minimum absolute atomic E-state index is 0.105. The molecule has 2 aromatic rings. The van der Waals surface area contributed by atoms with E-state index in [4.69, 9.17) is 0 Å². The number of nitrogens with zero attached hydrogens (tertiary/aromatic N) is 1. The summed E-state index contributed by atoms with van der Waals surface area (Å²) in [5.41, 5.74) is -0.703. The standard InChI is InChI=1S/C20H21NO4/c1-2-3-12-21-16-10-6-5-9-15(16)20(25,19(21)24)13-18(23)14-8-4-7-11-17(14)22/h4-11,22,25H,2-3,12-13H2,1H3/t20-/m1/s1. The van der Waals surface area contributed by atoms with Crippen LogP contribution in [0.15, 0.2) is 48.5 Å². The molecule has 0 spiro atoms. The minimum Gasteiger partial charge on any atom is -0.507 e. The summed E-state index contributed by atoms with van der Waals surface area (Å²) < 4.78 is 0. The van der Waals surface area contributed by atoms with Crippen LogP contribution in [0.2, 0.25) is 0 Å². The van der Waals surface area contributed by atoms with E-state index in [0.29, 0.717) is 17.8 Å². The molecular formula is C20H21NO4. The van der Waals surface area contributed by atoms with Gasteiger partial charge in [-0.25, -0.2) is 0 Å². The van der Waals surface area contributed by atoms with Crippen molar-refractivity contribution in [1.82, 2.24) is 0 Å². The van der Waals surface area contributed by atoms with Crippen LogP contribution in [0.5, 0.6) is 5.75 Å². The van der Waals surface area contributed by atoms with Crippen molar-refractivity contribution in [1.29, 1.82) is 0 Å². The molecule has 130 valence electrons. The summed E-state index contributed by atoms with van der Waals surface area (Å²) >= 11 is 0. The Balaban J connectivity index is 1.96. The Hall–Kier alpha value is -2.66. The normalized spacial score (nSPS) is 19.1. The largest absolute Gasteiger partial charge is 0.507 e. The maximum absolute atomic E-state index is 12.9. The van der Waals surface area contributed by atoms with E-state index < -0.39 is 23.7 Å². The van der Waals surface area contributed by atoms with Gasteiger partial charge < -0.3 is 15.1 Å².